The third-order valence-corrected chi connectivity index (χ3v) is 9.88. The molecule has 0 aliphatic rings. The van der Waals surface area contributed by atoms with Crippen LogP contribution in [0.1, 0.15) is 122 Å². The molecule has 51 heavy (non-hydrogen) atoms. The molecule has 1 aromatic heterocycles. The van der Waals surface area contributed by atoms with Crippen molar-refractivity contribution in [3.8, 4) is 11.5 Å². The van der Waals surface area contributed by atoms with E-state index in [1.807, 2.05) is 0 Å². The Morgan fingerprint density at radius 1 is 0.824 bits per heavy atom. The number of carbonyl (C=O) groups is 1. The Bertz CT molecular complexity index is 1320. The van der Waals surface area contributed by atoms with Crippen LogP contribution in [0.5, 0.6) is 11.5 Å². The van der Waals surface area contributed by atoms with Gasteiger partial charge in [-0.05, 0) is 56.5 Å². The summed E-state index contributed by atoms with van der Waals surface area (Å²) in [6.45, 7) is 3.95. The maximum Gasteiger partial charge on any atom is 0.422 e. The first-order valence-corrected chi connectivity index (χ1v) is 19.9. The normalized spacial score (nSPS) is 12.9. The Kier molecular flexibility index (Phi) is 21.8. The molecule has 0 spiro atoms. The van der Waals surface area contributed by atoms with Gasteiger partial charge in [-0.3, -0.25) is 14.3 Å². The average Bonchev–Trinajstić information content (AvgIpc) is 3.09. The number of benzene rings is 1. The van der Waals surface area contributed by atoms with E-state index in [9.17, 15) is 22.5 Å². The van der Waals surface area contributed by atoms with Crippen molar-refractivity contribution in [2.24, 2.45) is 0 Å². The maximum atomic E-state index is 15.4. The van der Waals surface area contributed by atoms with Gasteiger partial charge in [0.25, 0.3) is 0 Å². The molecule has 0 aliphatic heterocycles. The molecule has 0 aliphatic carbocycles. The number of amides is 1. The number of hydrogen-bond donors (Lipinski definition) is 1. The number of carbonyl (C=O) groups excluding carboxylic acids is 1. The fourth-order valence-electron chi connectivity index (χ4n) is 5.41. The summed E-state index contributed by atoms with van der Waals surface area (Å²) in [6, 6.07) is 8.71. The number of nitrogens with zero attached hydrogens (tertiary/aromatic N) is 1. The molecule has 1 atom stereocenters. The molecule has 0 saturated carbocycles. The van der Waals surface area contributed by atoms with E-state index in [-0.39, 0.29) is 37.9 Å². The monoisotopic (exact) mass is 744 g/mol. The second kappa shape index (κ2) is 25.1. The van der Waals surface area contributed by atoms with Gasteiger partial charge in [0.2, 0.25) is 11.5 Å². The van der Waals surface area contributed by atoms with E-state index in [0.29, 0.717) is 17.9 Å². The van der Waals surface area contributed by atoms with E-state index in [1.165, 1.54) is 76.1 Å². The van der Waals surface area contributed by atoms with Crippen LogP contribution in [0, 0.1) is 0 Å². The molecule has 13 heteroatoms. The lowest BCUT2D eigenvalue weighted by Crippen LogP contribution is -2.35. The molecule has 0 bridgehead atoms. The van der Waals surface area contributed by atoms with Crippen LogP contribution >= 0.6 is 7.60 Å². The topological polar surface area (TPSA) is 96.0 Å². The van der Waals surface area contributed by atoms with Gasteiger partial charge in [-0.25, -0.2) is 0 Å². The van der Waals surface area contributed by atoms with E-state index >= 15 is 4.39 Å². The molecule has 0 fully saturated rings. The number of nitrogens with one attached hydrogen (secondary N) is 1. The Balaban J connectivity index is 1.92. The largest absolute Gasteiger partial charge is 0.487 e. The zero-order chi connectivity index (χ0) is 37.4. The van der Waals surface area contributed by atoms with Crippen molar-refractivity contribution in [2.45, 2.75) is 136 Å². The third kappa shape index (κ3) is 20.0. The lowest BCUT2D eigenvalue weighted by Gasteiger charge is -2.19. The Morgan fingerprint density at radius 3 is 1.94 bits per heavy atom. The molecule has 8 nitrogen and oxygen atoms in total. The van der Waals surface area contributed by atoms with Gasteiger partial charge in [0.15, 0.2) is 6.61 Å². The quantitative estimate of drug-likeness (QED) is 0.0526. The second-order valence-electron chi connectivity index (χ2n) is 12.5. The number of rotatable bonds is 28. The molecule has 2 aromatic rings. The number of unbranched alkanes of at least 4 members (excludes halogenated alkanes) is 12. The van der Waals surface area contributed by atoms with E-state index < -0.39 is 32.0 Å². The predicted molar refractivity (Wildman–Crippen MR) is 193 cm³/mol. The minimum absolute atomic E-state index is 0.0153. The Labute approximate surface area is 301 Å². The highest BCUT2D eigenvalue weighted by atomic mass is 31.2. The highest BCUT2D eigenvalue weighted by Crippen LogP contribution is 2.56. The Hall–Kier alpha value is -2.95. The van der Waals surface area contributed by atoms with E-state index in [4.69, 9.17) is 18.5 Å². The van der Waals surface area contributed by atoms with Crippen molar-refractivity contribution in [1.29, 1.82) is 0 Å². The fraction of sp³-hybridized carbons (Fsp3) is 0.632. The second-order valence-corrected chi connectivity index (χ2v) is 14.5. The number of hydrogen-bond acceptors (Lipinski definition) is 7. The molecule has 0 radical (unpaired) electrons. The number of aromatic nitrogens is 1. The van der Waals surface area contributed by atoms with Gasteiger partial charge < -0.3 is 23.8 Å². The van der Waals surface area contributed by atoms with Crippen LogP contribution in [0.3, 0.4) is 0 Å². The number of alkyl halides is 3. The first-order valence-electron chi connectivity index (χ1n) is 18.4. The van der Waals surface area contributed by atoms with Crippen LogP contribution < -0.4 is 14.8 Å². The zero-order valence-electron chi connectivity index (χ0n) is 30.5. The summed E-state index contributed by atoms with van der Waals surface area (Å²) in [5.74, 6) is 0.254. The Morgan fingerprint density at radius 2 is 1.39 bits per heavy atom. The predicted octanol–water partition coefficient (Wildman–Crippen LogP) is 11.2. The van der Waals surface area contributed by atoms with Crippen LogP contribution in [-0.2, 0) is 31.4 Å². The molecular weight excluding hydrogens is 687 g/mol. The minimum atomic E-state index is -4.46. The van der Waals surface area contributed by atoms with Crippen molar-refractivity contribution in [1.82, 2.24) is 10.3 Å². The van der Waals surface area contributed by atoms with Crippen molar-refractivity contribution in [2.75, 3.05) is 19.8 Å². The minimum Gasteiger partial charge on any atom is -0.487 e. The van der Waals surface area contributed by atoms with Gasteiger partial charge in [0.05, 0.1) is 24.9 Å². The highest BCUT2D eigenvalue weighted by molar-refractivity contribution is 7.58. The van der Waals surface area contributed by atoms with Gasteiger partial charge >= 0.3 is 13.8 Å². The van der Waals surface area contributed by atoms with Gasteiger partial charge in [0.1, 0.15) is 18.1 Å². The van der Waals surface area contributed by atoms with Crippen molar-refractivity contribution in [3.05, 3.63) is 65.5 Å². The molecule has 2 rings (SSSR count). The van der Waals surface area contributed by atoms with Gasteiger partial charge in [-0.2, -0.15) is 17.6 Å². The van der Waals surface area contributed by atoms with Crippen molar-refractivity contribution in [3.63, 3.8) is 0 Å². The lowest BCUT2D eigenvalue weighted by atomic mass is 10.0. The van der Waals surface area contributed by atoms with Crippen LogP contribution in [-0.4, -0.2) is 42.9 Å². The standard InChI is InChI=1S/C38H57F4N2O6P/c1-4-7-8-9-10-11-12-13-14-15-16-17-18-19-37(45)44-32(28-36(39)51(46,49-5-2)50-6-3)26-31-20-22-34(23-21-31)47-29-33-27-35(24-25-43-33)48-30-38(40,41)42/h20-25,27-28,32H,4-19,26,29-30H2,1-3H3,(H,44,45)/t32-/m1/s1. The maximum absolute atomic E-state index is 15.4. The molecule has 0 unspecified atom stereocenters. The van der Waals surface area contributed by atoms with Crippen molar-refractivity contribution >= 4 is 13.5 Å². The smallest absolute Gasteiger partial charge is 0.422 e. The van der Waals surface area contributed by atoms with Crippen molar-refractivity contribution < 1.29 is 45.4 Å². The molecular formula is C38H57F4N2O6P. The van der Waals surface area contributed by atoms with Gasteiger partial charge in [0, 0.05) is 18.7 Å². The molecule has 1 heterocycles. The van der Waals surface area contributed by atoms with E-state index in [2.05, 4.69) is 17.2 Å². The lowest BCUT2D eigenvalue weighted by molar-refractivity contribution is -0.153. The summed E-state index contributed by atoms with van der Waals surface area (Å²) in [5.41, 5.74) is 0.0472. The number of ether oxygens (including phenoxy) is 2. The summed E-state index contributed by atoms with van der Waals surface area (Å²) >= 11 is 0. The van der Waals surface area contributed by atoms with Gasteiger partial charge in [-0.15, -0.1) is 0 Å². The summed E-state index contributed by atoms with van der Waals surface area (Å²) in [7, 11) is -4.17. The molecule has 1 N–H and O–H groups in total. The summed E-state index contributed by atoms with van der Waals surface area (Å²) in [5, 5.41) is 2.87. The summed E-state index contributed by atoms with van der Waals surface area (Å²) < 4.78 is 86.7. The van der Waals surface area contributed by atoms with Crippen LogP contribution in [0.25, 0.3) is 0 Å². The molecule has 0 saturated heterocycles. The molecule has 1 amide bonds. The highest BCUT2D eigenvalue weighted by Gasteiger charge is 2.31. The summed E-state index contributed by atoms with van der Waals surface area (Å²) in [6.07, 6.45) is 14.0. The van der Waals surface area contributed by atoms with Gasteiger partial charge in [-0.1, -0.05) is 96.1 Å². The number of pyridine rings is 1. The van der Waals surface area contributed by atoms with E-state index in [0.717, 1.165) is 37.3 Å². The van der Waals surface area contributed by atoms with Crippen LogP contribution in [0.15, 0.2) is 54.2 Å². The summed E-state index contributed by atoms with van der Waals surface area (Å²) in [4.78, 5) is 17.0. The third-order valence-electron chi connectivity index (χ3n) is 8.01. The first-order chi connectivity index (χ1) is 24.5. The molecule has 1 aromatic carbocycles. The SMILES string of the molecule is CCCCCCCCCCCCCCCC(=O)N[C@@H](C=C(F)P(=O)(OCC)OCC)Cc1ccc(OCc2cc(OCC(F)(F)F)ccn2)cc1. The fourth-order valence-corrected chi connectivity index (χ4v) is 6.78. The average molecular weight is 745 g/mol. The number of halogens is 4. The zero-order valence-corrected chi connectivity index (χ0v) is 31.4. The molecule has 288 valence electrons. The van der Waals surface area contributed by atoms with Crippen LogP contribution in [0.2, 0.25) is 0 Å². The van der Waals surface area contributed by atoms with E-state index in [1.54, 1.807) is 38.1 Å². The van der Waals surface area contributed by atoms with Crippen LogP contribution in [0.4, 0.5) is 17.6 Å². The first kappa shape index (κ1) is 44.2.